The Morgan fingerprint density at radius 1 is 1.18 bits per heavy atom. The van der Waals surface area contributed by atoms with Crippen LogP contribution in [-0.4, -0.2) is 13.7 Å². The Bertz CT molecular complexity index is 439. The minimum absolute atomic E-state index is 0.689. The van der Waals surface area contributed by atoms with Crippen molar-refractivity contribution in [1.82, 2.24) is 0 Å². The lowest BCUT2D eigenvalue weighted by Crippen LogP contribution is -2.06. The van der Waals surface area contributed by atoms with E-state index in [1.165, 1.54) is 16.8 Å². The summed E-state index contributed by atoms with van der Waals surface area (Å²) in [4.78, 5) is 0. The Morgan fingerprint density at radius 2 is 2.00 bits per heavy atom. The molecule has 0 spiro atoms. The van der Waals surface area contributed by atoms with Gasteiger partial charge in [0.2, 0.25) is 0 Å². The molecule has 0 aliphatic rings. The number of ether oxygens (including phenoxy) is 1. The lowest BCUT2D eigenvalue weighted by molar-refractivity contribution is 0.184. The fraction of sp³-hybridized carbons (Fsp3) is 0.286. The van der Waals surface area contributed by atoms with Crippen LogP contribution in [0, 0.1) is 0 Å². The van der Waals surface area contributed by atoms with Crippen molar-refractivity contribution in [1.29, 1.82) is 0 Å². The van der Waals surface area contributed by atoms with Crippen molar-refractivity contribution in [3.05, 3.63) is 52.2 Å². The van der Waals surface area contributed by atoms with Crippen LogP contribution in [0.4, 0.5) is 5.69 Å². The van der Waals surface area contributed by atoms with E-state index in [0.717, 1.165) is 13.0 Å². The Balaban J connectivity index is 1.89. The van der Waals surface area contributed by atoms with Crippen LogP contribution in [0.5, 0.6) is 0 Å². The molecule has 0 saturated carbocycles. The highest BCUT2D eigenvalue weighted by Gasteiger charge is 2.01. The number of thiophene rings is 1. The summed E-state index contributed by atoms with van der Waals surface area (Å²) in [5.41, 5.74) is 3.85. The van der Waals surface area contributed by atoms with Crippen molar-refractivity contribution in [2.75, 3.05) is 19.0 Å². The van der Waals surface area contributed by atoms with E-state index >= 15 is 0 Å². The molecule has 0 atom stereocenters. The third-order valence-electron chi connectivity index (χ3n) is 2.66. The SMILES string of the molecule is COCc1ccccc1CCNc1ccsc1. The van der Waals surface area contributed by atoms with Crippen molar-refractivity contribution in [2.45, 2.75) is 13.0 Å². The summed E-state index contributed by atoms with van der Waals surface area (Å²) < 4.78 is 5.20. The van der Waals surface area contributed by atoms with Gasteiger partial charge in [0.25, 0.3) is 0 Å². The summed E-state index contributed by atoms with van der Waals surface area (Å²) in [6.07, 6.45) is 1.02. The van der Waals surface area contributed by atoms with Crippen LogP contribution in [0.3, 0.4) is 0 Å². The van der Waals surface area contributed by atoms with Crippen molar-refractivity contribution < 1.29 is 4.74 Å². The van der Waals surface area contributed by atoms with Crippen LogP contribution >= 0.6 is 11.3 Å². The Kier molecular flexibility index (Phi) is 4.59. The maximum Gasteiger partial charge on any atom is 0.0715 e. The van der Waals surface area contributed by atoms with Crippen molar-refractivity contribution in [2.24, 2.45) is 0 Å². The highest BCUT2D eigenvalue weighted by Crippen LogP contribution is 2.13. The van der Waals surface area contributed by atoms with Crippen LogP contribution < -0.4 is 5.32 Å². The molecule has 2 nitrogen and oxygen atoms in total. The Morgan fingerprint density at radius 3 is 2.71 bits per heavy atom. The monoisotopic (exact) mass is 247 g/mol. The first-order valence-corrected chi connectivity index (χ1v) is 6.66. The highest BCUT2D eigenvalue weighted by molar-refractivity contribution is 7.08. The molecule has 3 heteroatoms. The molecule has 1 aromatic heterocycles. The molecular formula is C14H17NOS. The van der Waals surface area contributed by atoms with E-state index in [1.807, 2.05) is 0 Å². The number of hydrogen-bond acceptors (Lipinski definition) is 3. The van der Waals surface area contributed by atoms with E-state index in [2.05, 4.69) is 46.4 Å². The predicted molar refractivity (Wildman–Crippen MR) is 73.7 cm³/mol. The summed E-state index contributed by atoms with van der Waals surface area (Å²) in [5, 5.41) is 7.62. The summed E-state index contributed by atoms with van der Waals surface area (Å²) in [6.45, 7) is 1.64. The second-order valence-corrected chi connectivity index (χ2v) is 4.67. The Labute approximate surface area is 106 Å². The highest BCUT2D eigenvalue weighted by atomic mass is 32.1. The van der Waals surface area contributed by atoms with Crippen LogP contribution in [0.25, 0.3) is 0 Å². The molecule has 2 aromatic rings. The third kappa shape index (κ3) is 3.58. The largest absolute Gasteiger partial charge is 0.384 e. The molecule has 1 aromatic carbocycles. The first kappa shape index (κ1) is 12.1. The van der Waals surface area contributed by atoms with Gasteiger partial charge in [0.15, 0.2) is 0 Å². The number of nitrogens with one attached hydrogen (secondary N) is 1. The summed E-state index contributed by atoms with van der Waals surface area (Å²) in [7, 11) is 1.74. The summed E-state index contributed by atoms with van der Waals surface area (Å²) >= 11 is 1.71. The van der Waals surface area contributed by atoms with E-state index < -0.39 is 0 Å². The topological polar surface area (TPSA) is 21.3 Å². The molecule has 90 valence electrons. The average molecular weight is 247 g/mol. The van der Waals surface area contributed by atoms with Crippen LogP contribution in [0.1, 0.15) is 11.1 Å². The van der Waals surface area contributed by atoms with Crippen molar-refractivity contribution in [3.8, 4) is 0 Å². The van der Waals surface area contributed by atoms with Gasteiger partial charge in [-0.05, 0) is 29.0 Å². The number of benzene rings is 1. The van der Waals surface area contributed by atoms with Gasteiger partial charge in [0.1, 0.15) is 0 Å². The zero-order chi connectivity index (χ0) is 11.9. The van der Waals surface area contributed by atoms with Gasteiger partial charge in [0, 0.05) is 24.7 Å². The van der Waals surface area contributed by atoms with Gasteiger partial charge in [-0.25, -0.2) is 0 Å². The van der Waals surface area contributed by atoms with Gasteiger partial charge < -0.3 is 10.1 Å². The van der Waals surface area contributed by atoms with E-state index in [1.54, 1.807) is 18.4 Å². The molecule has 0 bridgehead atoms. The normalized spacial score (nSPS) is 10.4. The third-order valence-corrected chi connectivity index (χ3v) is 3.35. The molecule has 0 amide bonds. The molecule has 0 aliphatic heterocycles. The molecule has 2 rings (SSSR count). The first-order chi connectivity index (χ1) is 8.40. The molecule has 17 heavy (non-hydrogen) atoms. The lowest BCUT2D eigenvalue weighted by atomic mass is 10.1. The molecule has 0 radical (unpaired) electrons. The second kappa shape index (κ2) is 6.42. The number of methoxy groups -OCH3 is 1. The molecule has 0 aliphatic carbocycles. The second-order valence-electron chi connectivity index (χ2n) is 3.89. The molecule has 0 saturated heterocycles. The fourth-order valence-corrected chi connectivity index (χ4v) is 2.42. The summed E-state index contributed by atoms with van der Waals surface area (Å²) in [5.74, 6) is 0. The zero-order valence-corrected chi connectivity index (χ0v) is 10.8. The quantitative estimate of drug-likeness (QED) is 0.843. The maximum atomic E-state index is 5.20. The number of hydrogen-bond donors (Lipinski definition) is 1. The number of anilines is 1. The van der Waals surface area contributed by atoms with E-state index in [-0.39, 0.29) is 0 Å². The Hall–Kier alpha value is -1.32. The van der Waals surface area contributed by atoms with Crippen LogP contribution in [0.2, 0.25) is 0 Å². The molecule has 1 heterocycles. The van der Waals surface area contributed by atoms with Crippen LogP contribution in [0.15, 0.2) is 41.1 Å². The average Bonchev–Trinajstić information content (AvgIpc) is 2.85. The van der Waals surface area contributed by atoms with E-state index in [4.69, 9.17) is 4.74 Å². The fourth-order valence-electron chi connectivity index (χ4n) is 1.80. The smallest absolute Gasteiger partial charge is 0.0715 e. The van der Waals surface area contributed by atoms with Gasteiger partial charge in [0.05, 0.1) is 6.61 Å². The van der Waals surface area contributed by atoms with Gasteiger partial charge in [-0.3, -0.25) is 0 Å². The molecule has 1 N–H and O–H groups in total. The molecule has 0 fully saturated rings. The predicted octanol–water partition coefficient (Wildman–Crippen LogP) is 3.55. The summed E-state index contributed by atoms with van der Waals surface area (Å²) in [6, 6.07) is 10.5. The van der Waals surface area contributed by atoms with Crippen LogP contribution in [-0.2, 0) is 17.8 Å². The van der Waals surface area contributed by atoms with Crippen molar-refractivity contribution in [3.63, 3.8) is 0 Å². The first-order valence-electron chi connectivity index (χ1n) is 5.72. The lowest BCUT2D eigenvalue weighted by Gasteiger charge is -2.09. The van der Waals surface area contributed by atoms with Gasteiger partial charge >= 0.3 is 0 Å². The van der Waals surface area contributed by atoms with E-state index in [9.17, 15) is 0 Å². The molecular weight excluding hydrogens is 230 g/mol. The minimum atomic E-state index is 0.689. The van der Waals surface area contributed by atoms with Gasteiger partial charge in [-0.1, -0.05) is 24.3 Å². The standard InChI is InChI=1S/C14H17NOS/c1-16-10-13-5-3-2-4-12(13)6-8-15-14-7-9-17-11-14/h2-5,7,9,11,15H,6,8,10H2,1H3. The van der Waals surface area contributed by atoms with Gasteiger partial charge in [-0.15, -0.1) is 0 Å². The number of rotatable bonds is 6. The molecule has 0 unspecified atom stereocenters. The minimum Gasteiger partial charge on any atom is -0.384 e. The van der Waals surface area contributed by atoms with Crippen molar-refractivity contribution >= 4 is 17.0 Å². The maximum absolute atomic E-state index is 5.20. The van der Waals surface area contributed by atoms with Gasteiger partial charge in [-0.2, -0.15) is 11.3 Å². The zero-order valence-electron chi connectivity index (χ0n) is 9.98. The van der Waals surface area contributed by atoms with E-state index in [0.29, 0.717) is 6.61 Å².